The first-order chi connectivity index (χ1) is 7.16. The van der Waals surface area contributed by atoms with Crippen LogP contribution in [0.5, 0.6) is 0 Å². The van der Waals surface area contributed by atoms with Gasteiger partial charge >= 0.3 is 0 Å². The number of nitrogens with zero attached hydrogens (tertiary/aromatic N) is 1. The Morgan fingerprint density at radius 3 is 2.87 bits per heavy atom. The maximum atomic E-state index is 13.0. The van der Waals surface area contributed by atoms with Gasteiger partial charge in [0.2, 0.25) is 0 Å². The topological polar surface area (TPSA) is 54.7 Å². The number of nitrogens with one attached hydrogen (secondary N) is 1. The van der Waals surface area contributed by atoms with Crippen molar-refractivity contribution in [2.45, 2.75) is 13.0 Å². The lowest BCUT2D eigenvalue weighted by molar-refractivity contribution is 0.628. The molecule has 0 aliphatic heterocycles. The number of H-pyrrole nitrogens is 1. The second kappa shape index (κ2) is 3.82. The van der Waals surface area contributed by atoms with E-state index in [4.69, 9.17) is 5.73 Å². The summed E-state index contributed by atoms with van der Waals surface area (Å²) in [6.45, 7) is 1.86. The van der Waals surface area contributed by atoms with Crippen LogP contribution in [0.15, 0.2) is 30.5 Å². The van der Waals surface area contributed by atoms with Crippen LogP contribution in [-0.2, 0) is 0 Å². The molecule has 4 heteroatoms. The molecule has 15 heavy (non-hydrogen) atoms. The summed E-state index contributed by atoms with van der Waals surface area (Å²) in [5.74, 6) is 0.369. The van der Waals surface area contributed by atoms with Gasteiger partial charge in [0.05, 0.1) is 11.9 Å². The normalized spacial score (nSPS) is 12.7. The molecule has 1 aromatic heterocycles. The van der Waals surface area contributed by atoms with E-state index in [1.165, 1.54) is 12.1 Å². The van der Waals surface area contributed by atoms with E-state index in [0.717, 1.165) is 11.3 Å². The molecule has 0 radical (unpaired) electrons. The van der Waals surface area contributed by atoms with Crippen LogP contribution in [0.3, 0.4) is 0 Å². The van der Waals surface area contributed by atoms with Crippen molar-refractivity contribution in [2.75, 3.05) is 0 Å². The molecule has 1 heterocycles. The third kappa shape index (κ3) is 2.05. The summed E-state index contributed by atoms with van der Waals surface area (Å²) in [5, 5.41) is 0. The van der Waals surface area contributed by atoms with Gasteiger partial charge in [-0.2, -0.15) is 0 Å². The van der Waals surface area contributed by atoms with E-state index in [1.54, 1.807) is 18.3 Å². The lowest BCUT2D eigenvalue weighted by Crippen LogP contribution is -2.04. The highest BCUT2D eigenvalue weighted by Crippen LogP contribution is 2.18. The summed E-state index contributed by atoms with van der Waals surface area (Å²) < 4.78 is 13.0. The van der Waals surface area contributed by atoms with Crippen LogP contribution >= 0.6 is 0 Å². The van der Waals surface area contributed by atoms with Crippen molar-refractivity contribution in [1.29, 1.82) is 0 Å². The van der Waals surface area contributed by atoms with Crippen molar-refractivity contribution in [3.05, 3.63) is 42.0 Å². The molecule has 0 amide bonds. The molecule has 0 saturated heterocycles. The highest BCUT2D eigenvalue weighted by Gasteiger charge is 2.06. The molecule has 3 N–H and O–H groups in total. The smallest absolute Gasteiger partial charge is 0.137 e. The van der Waals surface area contributed by atoms with Gasteiger partial charge in [-0.05, 0) is 19.1 Å². The molecule has 0 saturated carbocycles. The molecule has 1 unspecified atom stereocenters. The number of rotatable bonds is 2. The van der Waals surface area contributed by atoms with Gasteiger partial charge in [-0.1, -0.05) is 12.1 Å². The highest BCUT2D eigenvalue weighted by atomic mass is 19.1. The number of nitrogens with two attached hydrogens (primary N) is 1. The van der Waals surface area contributed by atoms with Crippen molar-refractivity contribution in [3.8, 4) is 11.4 Å². The summed E-state index contributed by atoms with van der Waals surface area (Å²) >= 11 is 0. The van der Waals surface area contributed by atoms with Gasteiger partial charge in [-0.25, -0.2) is 9.37 Å². The van der Waals surface area contributed by atoms with Crippen molar-refractivity contribution >= 4 is 0 Å². The maximum Gasteiger partial charge on any atom is 0.137 e. The quantitative estimate of drug-likeness (QED) is 0.789. The van der Waals surface area contributed by atoms with E-state index < -0.39 is 0 Å². The van der Waals surface area contributed by atoms with E-state index in [-0.39, 0.29) is 11.9 Å². The number of aromatic nitrogens is 2. The lowest BCUT2D eigenvalue weighted by atomic mass is 10.2. The first-order valence-electron chi connectivity index (χ1n) is 4.73. The summed E-state index contributed by atoms with van der Waals surface area (Å²) in [7, 11) is 0. The van der Waals surface area contributed by atoms with Gasteiger partial charge in [0.1, 0.15) is 11.6 Å². The fraction of sp³-hybridized carbons (Fsp3) is 0.182. The van der Waals surface area contributed by atoms with Crippen LogP contribution in [-0.4, -0.2) is 9.97 Å². The monoisotopic (exact) mass is 205 g/mol. The van der Waals surface area contributed by atoms with Gasteiger partial charge in [0, 0.05) is 11.6 Å². The molecular formula is C11H12FN3. The van der Waals surface area contributed by atoms with E-state index in [2.05, 4.69) is 9.97 Å². The molecule has 0 aliphatic carbocycles. The first kappa shape index (κ1) is 9.86. The third-order valence-corrected chi connectivity index (χ3v) is 2.18. The molecule has 78 valence electrons. The second-order valence-electron chi connectivity index (χ2n) is 3.49. The maximum absolute atomic E-state index is 13.0. The lowest BCUT2D eigenvalue weighted by Gasteiger charge is -2.00. The number of hydrogen-bond acceptors (Lipinski definition) is 2. The Kier molecular flexibility index (Phi) is 2.51. The van der Waals surface area contributed by atoms with Crippen LogP contribution in [0.1, 0.15) is 18.7 Å². The largest absolute Gasteiger partial charge is 0.341 e. The first-order valence-corrected chi connectivity index (χ1v) is 4.73. The Labute approximate surface area is 87.2 Å². The van der Waals surface area contributed by atoms with E-state index >= 15 is 0 Å². The van der Waals surface area contributed by atoms with Crippen molar-refractivity contribution < 1.29 is 4.39 Å². The molecule has 0 fully saturated rings. The molecule has 0 bridgehead atoms. The average Bonchev–Trinajstić information content (AvgIpc) is 2.66. The van der Waals surface area contributed by atoms with Gasteiger partial charge in [-0.15, -0.1) is 0 Å². The fourth-order valence-corrected chi connectivity index (χ4v) is 1.35. The summed E-state index contributed by atoms with van der Waals surface area (Å²) in [4.78, 5) is 7.20. The van der Waals surface area contributed by atoms with Crippen LogP contribution in [0.25, 0.3) is 11.4 Å². The van der Waals surface area contributed by atoms with Crippen LogP contribution in [0.4, 0.5) is 4.39 Å². The Balaban J connectivity index is 2.37. The Morgan fingerprint density at radius 1 is 1.47 bits per heavy atom. The Hall–Kier alpha value is -1.68. The Bertz CT molecular complexity index is 462. The number of benzene rings is 1. The molecule has 2 rings (SSSR count). The zero-order valence-corrected chi connectivity index (χ0v) is 8.37. The average molecular weight is 205 g/mol. The fourth-order valence-electron chi connectivity index (χ4n) is 1.35. The molecule has 2 aromatic rings. The molecule has 0 aliphatic rings. The minimum Gasteiger partial charge on any atom is -0.341 e. The van der Waals surface area contributed by atoms with Crippen molar-refractivity contribution in [1.82, 2.24) is 9.97 Å². The number of aromatic amines is 1. The summed E-state index contributed by atoms with van der Waals surface area (Å²) in [6, 6.07) is 6.19. The molecule has 3 nitrogen and oxygen atoms in total. The zero-order chi connectivity index (χ0) is 10.8. The third-order valence-electron chi connectivity index (χ3n) is 2.18. The summed E-state index contributed by atoms with van der Waals surface area (Å²) in [6.07, 6.45) is 1.67. The predicted molar refractivity (Wildman–Crippen MR) is 56.6 cm³/mol. The standard InChI is InChI=1S/C11H12FN3/c1-7(13)10-6-14-11(15-10)8-3-2-4-9(12)5-8/h2-7H,13H2,1H3,(H,14,15). The van der Waals surface area contributed by atoms with E-state index in [0.29, 0.717) is 5.82 Å². The number of imidazole rings is 1. The molecular weight excluding hydrogens is 193 g/mol. The molecule has 1 atom stereocenters. The van der Waals surface area contributed by atoms with Crippen LogP contribution in [0.2, 0.25) is 0 Å². The summed E-state index contributed by atoms with van der Waals surface area (Å²) in [5.41, 5.74) is 7.26. The number of halogens is 1. The molecule has 0 spiro atoms. The van der Waals surface area contributed by atoms with Crippen LogP contribution in [0, 0.1) is 5.82 Å². The minimum atomic E-state index is -0.272. The number of hydrogen-bond donors (Lipinski definition) is 2. The SMILES string of the molecule is CC(N)c1cnc(-c2cccc(F)c2)[nH]1. The highest BCUT2D eigenvalue weighted by molar-refractivity contribution is 5.55. The van der Waals surface area contributed by atoms with Gasteiger partial charge < -0.3 is 10.7 Å². The van der Waals surface area contributed by atoms with Crippen LogP contribution < -0.4 is 5.73 Å². The molecule has 1 aromatic carbocycles. The van der Waals surface area contributed by atoms with Gasteiger partial charge in [0.15, 0.2) is 0 Å². The van der Waals surface area contributed by atoms with Crippen molar-refractivity contribution in [3.63, 3.8) is 0 Å². The van der Waals surface area contributed by atoms with E-state index in [9.17, 15) is 4.39 Å². The zero-order valence-electron chi connectivity index (χ0n) is 8.37. The van der Waals surface area contributed by atoms with Gasteiger partial charge in [0.25, 0.3) is 0 Å². The second-order valence-corrected chi connectivity index (χ2v) is 3.49. The van der Waals surface area contributed by atoms with Crippen molar-refractivity contribution in [2.24, 2.45) is 5.73 Å². The van der Waals surface area contributed by atoms with E-state index in [1.807, 2.05) is 6.92 Å². The predicted octanol–water partition coefficient (Wildman–Crippen LogP) is 2.24. The van der Waals surface area contributed by atoms with Gasteiger partial charge in [-0.3, -0.25) is 0 Å². The Morgan fingerprint density at radius 2 is 2.27 bits per heavy atom. The minimum absolute atomic E-state index is 0.0974.